The van der Waals surface area contributed by atoms with Gasteiger partial charge in [-0.05, 0) is 23.9 Å². The standard InChI is InChI=1S/C8H13OP/c1-3-7-5-6-10(4-2)8(7)9/h5-6,9H,3-4H2,1-2H3. The van der Waals surface area contributed by atoms with E-state index in [0.717, 1.165) is 18.1 Å². The number of aryl methyl sites for hydroxylation is 2. The van der Waals surface area contributed by atoms with Crippen LogP contribution in [-0.4, -0.2) is 5.11 Å². The van der Waals surface area contributed by atoms with E-state index in [1.807, 2.05) is 0 Å². The Labute approximate surface area is 62.8 Å². The minimum absolute atomic E-state index is 0.295. The van der Waals surface area contributed by atoms with E-state index < -0.39 is 0 Å². The maximum Gasteiger partial charge on any atom is 0.137 e. The second kappa shape index (κ2) is 3.12. The molecule has 1 nitrogen and oxygen atoms in total. The lowest BCUT2D eigenvalue weighted by molar-refractivity contribution is 0.484. The van der Waals surface area contributed by atoms with Gasteiger partial charge in [-0.15, -0.1) is 0 Å². The van der Waals surface area contributed by atoms with Crippen LogP contribution in [0.3, 0.4) is 0 Å². The fraction of sp³-hybridized carbons (Fsp3) is 0.500. The van der Waals surface area contributed by atoms with Crippen molar-refractivity contribution in [3.8, 4) is 5.48 Å². The fourth-order valence-electron chi connectivity index (χ4n) is 1.04. The third kappa shape index (κ3) is 1.19. The SMILES string of the molecule is CCc1ccp(CC)c1O. The van der Waals surface area contributed by atoms with Gasteiger partial charge in [0.1, 0.15) is 5.48 Å². The van der Waals surface area contributed by atoms with Gasteiger partial charge in [-0.25, -0.2) is 0 Å². The molecule has 1 atom stereocenters. The monoisotopic (exact) mass is 156 g/mol. The smallest absolute Gasteiger partial charge is 0.137 e. The summed E-state index contributed by atoms with van der Waals surface area (Å²) in [5.74, 6) is 2.14. The summed E-state index contributed by atoms with van der Waals surface area (Å²) in [6.45, 7) is 4.19. The topological polar surface area (TPSA) is 20.2 Å². The lowest BCUT2D eigenvalue weighted by atomic mass is 10.3. The average molecular weight is 156 g/mol. The molecule has 2 heteroatoms. The molecule has 1 heterocycles. The molecule has 0 saturated heterocycles. The molecule has 1 N–H and O–H groups in total. The maximum atomic E-state index is 9.49. The summed E-state index contributed by atoms with van der Waals surface area (Å²) in [7, 11) is -0.295. The van der Waals surface area contributed by atoms with E-state index in [0.29, 0.717) is 5.48 Å². The largest absolute Gasteiger partial charge is 0.504 e. The summed E-state index contributed by atoms with van der Waals surface area (Å²) in [6, 6.07) is 2.06. The van der Waals surface area contributed by atoms with Crippen molar-refractivity contribution < 1.29 is 5.11 Å². The highest BCUT2D eigenvalue weighted by Crippen LogP contribution is 2.43. The molecule has 1 unspecified atom stereocenters. The summed E-state index contributed by atoms with van der Waals surface area (Å²) in [6.07, 6.45) is 2.03. The second-order valence-electron chi connectivity index (χ2n) is 2.30. The third-order valence-corrected chi connectivity index (χ3v) is 3.76. The molecule has 1 rings (SSSR count). The Morgan fingerprint density at radius 3 is 2.50 bits per heavy atom. The Bertz CT molecular complexity index is 194. The van der Waals surface area contributed by atoms with Crippen LogP contribution in [-0.2, 0) is 12.6 Å². The molecule has 10 heavy (non-hydrogen) atoms. The van der Waals surface area contributed by atoms with Crippen molar-refractivity contribution in [3.63, 3.8) is 0 Å². The fourth-order valence-corrected chi connectivity index (χ4v) is 2.65. The van der Waals surface area contributed by atoms with Gasteiger partial charge >= 0.3 is 0 Å². The van der Waals surface area contributed by atoms with Crippen LogP contribution in [0.1, 0.15) is 19.4 Å². The zero-order valence-electron chi connectivity index (χ0n) is 6.46. The zero-order valence-corrected chi connectivity index (χ0v) is 7.36. The van der Waals surface area contributed by atoms with Crippen molar-refractivity contribution in [2.75, 3.05) is 0 Å². The average Bonchev–Trinajstić information content (AvgIpc) is 2.30. The van der Waals surface area contributed by atoms with Gasteiger partial charge in [-0.1, -0.05) is 27.4 Å². The molecule has 0 aromatic carbocycles. The first-order chi connectivity index (χ1) is 4.79. The molecule has 0 bridgehead atoms. The number of aromatic hydroxyl groups is 1. The highest BCUT2D eigenvalue weighted by molar-refractivity contribution is 7.50. The van der Waals surface area contributed by atoms with Gasteiger partial charge in [0, 0.05) is 0 Å². The van der Waals surface area contributed by atoms with Crippen molar-refractivity contribution in [1.82, 2.24) is 0 Å². The highest BCUT2D eigenvalue weighted by atomic mass is 31.1. The molecule has 0 amide bonds. The predicted octanol–water partition coefficient (Wildman–Crippen LogP) is 2.96. The van der Waals surface area contributed by atoms with Gasteiger partial charge < -0.3 is 5.11 Å². The molecule has 0 aliphatic heterocycles. The van der Waals surface area contributed by atoms with Crippen molar-refractivity contribution >= 4 is 7.53 Å². The van der Waals surface area contributed by atoms with Crippen LogP contribution in [0.4, 0.5) is 0 Å². The molecular weight excluding hydrogens is 143 g/mol. The Kier molecular flexibility index (Phi) is 2.39. The molecule has 0 fully saturated rings. The first-order valence-electron chi connectivity index (χ1n) is 3.66. The van der Waals surface area contributed by atoms with Crippen molar-refractivity contribution in [2.24, 2.45) is 0 Å². The van der Waals surface area contributed by atoms with Gasteiger partial charge in [0.2, 0.25) is 0 Å². The van der Waals surface area contributed by atoms with E-state index in [4.69, 9.17) is 0 Å². The van der Waals surface area contributed by atoms with Crippen molar-refractivity contribution in [2.45, 2.75) is 26.4 Å². The quantitative estimate of drug-likeness (QED) is 0.697. The molecule has 0 aliphatic rings. The predicted molar refractivity (Wildman–Crippen MR) is 45.9 cm³/mol. The zero-order chi connectivity index (χ0) is 7.56. The Balaban J connectivity index is 2.97. The van der Waals surface area contributed by atoms with Crippen molar-refractivity contribution in [3.05, 3.63) is 17.4 Å². The van der Waals surface area contributed by atoms with Gasteiger partial charge in [0.05, 0.1) is 0 Å². The van der Waals surface area contributed by atoms with Crippen LogP contribution in [0.15, 0.2) is 11.9 Å². The number of hydrogen-bond donors (Lipinski definition) is 1. The van der Waals surface area contributed by atoms with Crippen LogP contribution < -0.4 is 0 Å². The Morgan fingerprint density at radius 2 is 2.20 bits per heavy atom. The van der Waals surface area contributed by atoms with E-state index in [2.05, 4.69) is 25.7 Å². The molecule has 56 valence electrons. The summed E-state index contributed by atoms with van der Waals surface area (Å²) in [5, 5.41) is 9.49. The summed E-state index contributed by atoms with van der Waals surface area (Å²) < 4.78 is 0. The van der Waals surface area contributed by atoms with Gasteiger partial charge in [-0.3, -0.25) is 0 Å². The normalized spacial score (nSPS) is 12.0. The van der Waals surface area contributed by atoms with Crippen LogP contribution in [0, 0.1) is 0 Å². The first-order valence-corrected chi connectivity index (χ1v) is 5.26. The Hall–Kier alpha value is -0.420. The first kappa shape index (κ1) is 7.68. The van der Waals surface area contributed by atoms with Crippen molar-refractivity contribution in [1.29, 1.82) is 0 Å². The molecule has 1 aromatic heterocycles. The number of rotatable bonds is 2. The van der Waals surface area contributed by atoms with E-state index in [1.54, 1.807) is 0 Å². The minimum Gasteiger partial charge on any atom is -0.504 e. The third-order valence-electron chi connectivity index (χ3n) is 1.74. The molecule has 0 radical (unpaired) electrons. The van der Waals surface area contributed by atoms with Crippen LogP contribution in [0.25, 0.3) is 0 Å². The van der Waals surface area contributed by atoms with Gasteiger partial charge in [0.25, 0.3) is 0 Å². The molecule has 1 aromatic rings. The molecular formula is C8H13OP. The summed E-state index contributed by atoms with van der Waals surface area (Å²) in [5.41, 5.74) is 1.79. The number of hydrogen-bond acceptors (Lipinski definition) is 1. The highest BCUT2D eigenvalue weighted by Gasteiger charge is 2.03. The summed E-state index contributed by atoms with van der Waals surface area (Å²) in [4.78, 5) is 0. The van der Waals surface area contributed by atoms with Crippen LogP contribution in [0.2, 0.25) is 0 Å². The van der Waals surface area contributed by atoms with E-state index in [1.165, 1.54) is 0 Å². The Morgan fingerprint density at radius 1 is 1.50 bits per heavy atom. The molecule has 0 spiro atoms. The van der Waals surface area contributed by atoms with Gasteiger partial charge in [0.15, 0.2) is 0 Å². The lowest BCUT2D eigenvalue weighted by Crippen LogP contribution is -1.71. The lowest BCUT2D eigenvalue weighted by Gasteiger charge is -1.95. The van der Waals surface area contributed by atoms with E-state index in [9.17, 15) is 5.11 Å². The second-order valence-corrected chi connectivity index (χ2v) is 4.60. The van der Waals surface area contributed by atoms with E-state index >= 15 is 0 Å². The van der Waals surface area contributed by atoms with E-state index in [-0.39, 0.29) is 7.53 Å². The minimum atomic E-state index is -0.295. The maximum absolute atomic E-state index is 9.49. The molecule has 0 saturated carbocycles. The van der Waals surface area contributed by atoms with Crippen LogP contribution in [0.5, 0.6) is 5.48 Å². The summed E-state index contributed by atoms with van der Waals surface area (Å²) >= 11 is 0. The molecule has 0 aliphatic carbocycles. The van der Waals surface area contributed by atoms with Crippen LogP contribution >= 0.6 is 7.53 Å². The van der Waals surface area contributed by atoms with Gasteiger partial charge in [-0.2, -0.15) is 0 Å².